The summed E-state index contributed by atoms with van der Waals surface area (Å²) in [6, 6.07) is 0. The lowest BCUT2D eigenvalue weighted by molar-refractivity contribution is 0.595. The summed E-state index contributed by atoms with van der Waals surface area (Å²) in [5, 5.41) is 3.31. The van der Waals surface area contributed by atoms with Crippen molar-refractivity contribution in [3.63, 3.8) is 0 Å². The molecule has 0 saturated heterocycles. The minimum absolute atomic E-state index is 0.307. The molecule has 0 amide bonds. The van der Waals surface area contributed by atoms with Crippen LogP contribution in [0.4, 0.5) is 0 Å². The van der Waals surface area contributed by atoms with Crippen LogP contribution in [0.1, 0.15) is 5.56 Å². The number of thiophene rings is 1. The topological polar surface area (TPSA) is 46.2 Å². The van der Waals surface area contributed by atoms with Crippen molar-refractivity contribution in [2.75, 3.05) is 0 Å². The van der Waals surface area contributed by atoms with E-state index in [1.165, 1.54) is 11.3 Å². The predicted octanol–water partition coefficient (Wildman–Crippen LogP) is 0.716. The van der Waals surface area contributed by atoms with Gasteiger partial charge in [0.1, 0.15) is 9.88 Å². The highest BCUT2D eigenvalue weighted by Crippen LogP contribution is 2.25. The Kier molecular flexibility index (Phi) is 1.33. The van der Waals surface area contributed by atoms with Crippen molar-refractivity contribution in [3.8, 4) is 0 Å². The summed E-state index contributed by atoms with van der Waals surface area (Å²) in [5.41, 5.74) is 0.630. The standard InChI is InChI=1S/C5H3NO2S3/c7-11(8)4-2-10-1-3(4)5(9)6-11/h1-2H,(H,6,9). The number of sulfonamides is 1. The Morgan fingerprint density at radius 2 is 2.18 bits per heavy atom. The van der Waals surface area contributed by atoms with Gasteiger partial charge in [0.05, 0.1) is 0 Å². The van der Waals surface area contributed by atoms with Crippen LogP contribution in [-0.4, -0.2) is 13.4 Å². The number of hydrogen-bond acceptors (Lipinski definition) is 4. The van der Waals surface area contributed by atoms with Gasteiger partial charge in [-0.3, -0.25) is 4.72 Å². The van der Waals surface area contributed by atoms with Gasteiger partial charge in [-0.2, -0.15) is 11.3 Å². The van der Waals surface area contributed by atoms with Crippen molar-refractivity contribution < 1.29 is 8.42 Å². The van der Waals surface area contributed by atoms with Crippen molar-refractivity contribution in [2.24, 2.45) is 0 Å². The highest BCUT2D eigenvalue weighted by Gasteiger charge is 2.30. The van der Waals surface area contributed by atoms with Gasteiger partial charge in [0.2, 0.25) is 0 Å². The van der Waals surface area contributed by atoms with Crippen LogP contribution < -0.4 is 4.72 Å². The molecule has 11 heavy (non-hydrogen) atoms. The molecule has 6 heteroatoms. The fraction of sp³-hybridized carbons (Fsp3) is 0. The number of fused-ring (bicyclic) bond motifs is 1. The smallest absolute Gasteiger partial charge is 0.264 e. The maximum absolute atomic E-state index is 11.1. The normalized spacial score (nSPS) is 19.5. The van der Waals surface area contributed by atoms with E-state index in [9.17, 15) is 8.42 Å². The second-order valence-corrected chi connectivity index (χ2v) is 4.89. The average molecular weight is 205 g/mol. The van der Waals surface area contributed by atoms with Crippen LogP contribution >= 0.6 is 23.6 Å². The molecule has 1 aliphatic heterocycles. The van der Waals surface area contributed by atoms with Gasteiger partial charge in [0.15, 0.2) is 0 Å². The zero-order valence-corrected chi connectivity index (χ0v) is 7.65. The van der Waals surface area contributed by atoms with E-state index in [1.807, 2.05) is 0 Å². The van der Waals surface area contributed by atoms with Gasteiger partial charge >= 0.3 is 0 Å². The summed E-state index contributed by atoms with van der Waals surface area (Å²) in [4.78, 5) is 0.619. The predicted molar refractivity (Wildman–Crippen MR) is 46.3 cm³/mol. The second-order valence-electron chi connectivity index (χ2n) is 2.08. The van der Waals surface area contributed by atoms with Gasteiger partial charge in [0, 0.05) is 16.3 Å². The van der Waals surface area contributed by atoms with E-state index in [0.717, 1.165) is 0 Å². The Morgan fingerprint density at radius 1 is 1.45 bits per heavy atom. The zero-order chi connectivity index (χ0) is 8.06. The highest BCUT2D eigenvalue weighted by molar-refractivity contribution is 7.93. The van der Waals surface area contributed by atoms with Crippen LogP contribution in [0.3, 0.4) is 0 Å². The molecule has 0 aliphatic carbocycles. The first-order valence-electron chi connectivity index (χ1n) is 2.74. The monoisotopic (exact) mass is 205 g/mol. The third-order valence-electron chi connectivity index (χ3n) is 1.39. The van der Waals surface area contributed by atoms with Gasteiger partial charge in [-0.15, -0.1) is 0 Å². The molecule has 0 aromatic carbocycles. The summed E-state index contributed by atoms with van der Waals surface area (Å²) >= 11 is 6.13. The molecule has 0 unspecified atom stereocenters. The Bertz CT molecular complexity index is 417. The van der Waals surface area contributed by atoms with Gasteiger partial charge in [-0.05, 0) is 0 Å². The molecule has 1 aliphatic rings. The molecule has 0 saturated carbocycles. The number of hydrogen-bond donors (Lipinski definition) is 1. The highest BCUT2D eigenvalue weighted by atomic mass is 32.2. The van der Waals surface area contributed by atoms with E-state index in [2.05, 4.69) is 4.72 Å². The maximum Gasteiger partial charge on any atom is 0.264 e. The summed E-state index contributed by atoms with van der Waals surface area (Å²) in [6.45, 7) is 0. The number of thiocarbonyl (C=S) groups is 1. The van der Waals surface area contributed by atoms with Crippen molar-refractivity contribution in [3.05, 3.63) is 16.3 Å². The van der Waals surface area contributed by atoms with E-state index in [0.29, 0.717) is 15.4 Å². The van der Waals surface area contributed by atoms with Crippen LogP contribution in [0.5, 0.6) is 0 Å². The number of rotatable bonds is 0. The molecule has 0 fully saturated rings. The Morgan fingerprint density at radius 3 is 2.82 bits per heavy atom. The molecule has 2 heterocycles. The van der Waals surface area contributed by atoms with Crippen LogP contribution in [0.25, 0.3) is 0 Å². The van der Waals surface area contributed by atoms with E-state index in [4.69, 9.17) is 12.2 Å². The third kappa shape index (κ3) is 0.901. The summed E-state index contributed by atoms with van der Waals surface area (Å²) in [5.74, 6) is 0. The van der Waals surface area contributed by atoms with Crippen LogP contribution in [0, 0.1) is 0 Å². The first-order chi connectivity index (χ1) is 5.11. The van der Waals surface area contributed by atoms with Crippen molar-refractivity contribution >= 4 is 38.6 Å². The van der Waals surface area contributed by atoms with Crippen molar-refractivity contribution in [1.29, 1.82) is 0 Å². The minimum Gasteiger partial charge on any atom is -0.269 e. The SMILES string of the molecule is O=S1(=O)NC(=S)c2cscc21. The Labute approximate surface area is 73.1 Å². The lowest BCUT2D eigenvalue weighted by Crippen LogP contribution is -2.20. The molecule has 0 spiro atoms. The summed E-state index contributed by atoms with van der Waals surface area (Å²) in [7, 11) is -3.29. The molecule has 0 radical (unpaired) electrons. The molecule has 3 nitrogen and oxygen atoms in total. The van der Waals surface area contributed by atoms with Crippen molar-refractivity contribution in [2.45, 2.75) is 4.90 Å². The minimum atomic E-state index is -3.29. The van der Waals surface area contributed by atoms with Gasteiger partial charge in [0.25, 0.3) is 10.0 Å². The molecule has 58 valence electrons. The lowest BCUT2D eigenvalue weighted by atomic mass is 10.3. The first kappa shape index (κ1) is 7.20. The van der Waals surface area contributed by atoms with Crippen LogP contribution in [0.2, 0.25) is 0 Å². The quantitative estimate of drug-likeness (QED) is 0.635. The fourth-order valence-electron chi connectivity index (χ4n) is 0.891. The first-order valence-corrected chi connectivity index (χ1v) is 5.58. The van der Waals surface area contributed by atoms with Crippen LogP contribution in [0.15, 0.2) is 15.7 Å². The van der Waals surface area contributed by atoms with Crippen LogP contribution in [-0.2, 0) is 10.0 Å². The Balaban J connectivity index is 2.83. The molecule has 0 bridgehead atoms. The summed E-state index contributed by atoms with van der Waals surface area (Å²) < 4.78 is 24.5. The number of nitrogens with one attached hydrogen (secondary N) is 1. The van der Waals surface area contributed by atoms with E-state index in [1.54, 1.807) is 10.8 Å². The zero-order valence-electron chi connectivity index (χ0n) is 5.20. The molecule has 1 aromatic rings. The second kappa shape index (κ2) is 2.02. The molecule has 0 atom stereocenters. The molecular formula is C5H3NO2S3. The molecular weight excluding hydrogens is 202 g/mol. The average Bonchev–Trinajstić information content (AvgIpc) is 2.37. The summed E-state index contributed by atoms with van der Waals surface area (Å²) in [6.07, 6.45) is 0. The molecule has 1 aromatic heterocycles. The molecule has 2 rings (SSSR count). The van der Waals surface area contributed by atoms with E-state index in [-0.39, 0.29) is 0 Å². The fourth-order valence-corrected chi connectivity index (χ4v) is 3.89. The largest absolute Gasteiger partial charge is 0.269 e. The third-order valence-corrected chi connectivity index (χ3v) is 4.12. The van der Waals surface area contributed by atoms with Gasteiger partial charge in [-0.25, -0.2) is 8.42 Å². The molecule has 1 N–H and O–H groups in total. The van der Waals surface area contributed by atoms with E-state index < -0.39 is 10.0 Å². The van der Waals surface area contributed by atoms with Crippen molar-refractivity contribution in [1.82, 2.24) is 4.72 Å². The van der Waals surface area contributed by atoms with Gasteiger partial charge in [-0.1, -0.05) is 12.2 Å². The van der Waals surface area contributed by atoms with Gasteiger partial charge < -0.3 is 0 Å². The maximum atomic E-state index is 11.1. The lowest BCUT2D eigenvalue weighted by Gasteiger charge is -1.91. The Hall–Kier alpha value is -0.460. The van der Waals surface area contributed by atoms with E-state index >= 15 is 0 Å².